The normalized spacial score (nSPS) is 14.8. The van der Waals surface area contributed by atoms with E-state index in [0.717, 1.165) is 55.2 Å². The molecule has 0 saturated carbocycles. The number of para-hydroxylation sites is 3. The molecule has 0 aromatic heterocycles. The van der Waals surface area contributed by atoms with E-state index in [1.54, 1.807) is 7.11 Å². The van der Waals surface area contributed by atoms with Gasteiger partial charge in [0.05, 0.1) is 12.8 Å². The summed E-state index contributed by atoms with van der Waals surface area (Å²) >= 11 is 0. The summed E-state index contributed by atoms with van der Waals surface area (Å²) in [5.41, 5.74) is 2.92. The van der Waals surface area contributed by atoms with Gasteiger partial charge in [-0.25, -0.2) is 0 Å². The van der Waals surface area contributed by atoms with Gasteiger partial charge in [0.25, 0.3) is 0 Å². The average molecular weight is 296 g/mol. The number of carbonyl (C=O) groups is 1. The van der Waals surface area contributed by atoms with Crippen LogP contribution in [0.4, 0.5) is 11.4 Å². The van der Waals surface area contributed by atoms with Crippen molar-refractivity contribution in [2.24, 2.45) is 0 Å². The van der Waals surface area contributed by atoms with Gasteiger partial charge >= 0.3 is 0 Å². The molecule has 22 heavy (non-hydrogen) atoms. The maximum Gasteiger partial charge on any atom is 0.152 e. The summed E-state index contributed by atoms with van der Waals surface area (Å²) in [6.45, 7) is 3.60. The highest BCUT2D eigenvalue weighted by molar-refractivity contribution is 5.84. The first-order chi connectivity index (χ1) is 10.8. The van der Waals surface area contributed by atoms with Gasteiger partial charge in [0.2, 0.25) is 0 Å². The highest BCUT2D eigenvalue weighted by atomic mass is 16.5. The standard InChI is InChI=1S/C18H20N2O2/c1-22-18-9-5-4-8-17(18)20-12-10-19(11-13-20)16-7-3-2-6-15(16)14-21/h2-9,14H,10-13H2,1H3. The molecule has 3 rings (SSSR count). The Labute approximate surface area is 130 Å². The summed E-state index contributed by atoms with van der Waals surface area (Å²) in [5.74, 6) is 0.907. The van der Waals surface area contributed by atoms with Gasteiger partial charge in [0.15, 0.2) is 6.29 Å². The van der Waals surface area contributed by atoms with E-state index >= 15 is 0 Å². The Morgan fingerprint density at radius 2 is 1.41 bits per heavy atom. The van der Waals surface area contributed by atoms with Gasteiger partial charge in [-0.15, -0.1) is 0 Å². The molecular weight excluding hydrogens is 276 g/mol. The van der Waals surface area contributed by atoms with Crippen molar-refractivity contribution in [1.29, 1.82) is 0 Å². The predicted octanol–water partition coefficient (Wildman–Crippen LogP) is 2.83. The minimum Gasteiger partial charge on any atom is -0.495 e. The third kappa shape index (κ3) is 2.77. The Morgan fingerprint density at radius 1 is 0.864 bits per heavy atom. The van der Waals surface area contributed by atoms with Crippen molar-refractivity contribution in [2.45, 2.75) is 0 Å². The third-order valence-electron chi connectivity index (χ3n) is 4.11. The maximum absolute atomic E-state index is 11.2. The van der Waals surface area contributed by atoms with Crippen LogP contribution < -0.4 is 14.5 Å². The summed E-state index contributed by atoms with van der Waals surface area (Å²) in [6, 6.07) is 15.9. The third-order valence-corrected chi connectivity index (χ3v) is 4.11. The number of ether oxygens (including phenoxy) is 1. The number of hydrogen-bond acceptors (Lipinski definition) is 4. The maximum atomic E-state index is 11.2. The molecule has 1 heterocycles. The second-order valence-corrected chi connectivity index (χ2v) is 5.32. The Balaban J connectivity index is 1.74. The molecule has 0 unspecified atom stereocenters. The van der Waals surface area contributed by atoms with E-state index in [0.29, 0.717) is 0 Å². The molecule has 2 aromatic rings. The van der Waals surface area contributed by atoms with Crippen LogP contribution in [0.2, 0.25) is 0 Å². The van der Waals surface area contributed by atoms with E-state index in [1.165, 1.54) is 0 Å². The molecule has 4 nitrogen and oxygen atoms in total. The van der Waals surface area contributed by atoms with E-state index in [4.69, 9.17) is 4.74 Å². The first-order valence-corrected chi connectivity index (χ1v) is 7.50. The number of nitrogens with zero attached hydrogens (tertiary/aromatic N) is 2. The van der Waals surface area contributed by atoms with Crippen molar-refractivity contribution < 1.29 is 9.53 Å². The van der Waals surface area contributed by atoms with Crippen molar-refractivity contribution in [3.8, 4) is 5.75 Å². The molecule has 0 amide bonds. The van der Waals surface area contributed by atoms with Crippen molar-refractivity contribution >= 4 is 17.7 Å². The van der Waals surface area contributed by atoms with Gasteiger partial charge in [-0.1, -0.05) is 24.3 Å². The largest absolute Gasteiger partial charge is 0.495 e. The minimum atomic E-state index is 0.758. The van der Waals surface area contributed by atoms with Crippen LogP contribution in [0.5, 0.6) is 5.75 Å². The van der Waals surface area contributed by atoms with Crippen LogP contribution in [0.25, 0.3) is 0 Å². The summed E-state index contributed by atoms with van der Waals surface area (Å²) in [5, 5.41) is 0. The molecule has 114 valence electrons. The molecule has 0 radical (unpaired) electrons. The molecule has 0 spiro atoms. The lowest BCUT2D eigenvalue weighted by Crippen LogP contribution is -2.46. The number of carbonyl (C=O) groups excluding carboxylic acids is 1. The van der Waals surface area contributed by atoms with Gasteiger partial charge in [0, 0.05) is 37.4 Å². The average Bonchev–Trinajstić information content (AvgIpc) is 2.62. The first-order valence-electron chi connectivity index (χ1n) is 7.50. The minimum absolute atomic E-state index is 0.758. The zero-order valence-electron chi connectivity index (χ0n) is 12.7. The Bertz CT molecular complexity index is 649. The molecule has 1 aliphatic rings. The highest BCUT2D eigenvalue weighted by Crippen LogP contribution is 2.29. The lowest BCUT2D eigenvalue weighted by molar-refractivity contribution is 0.112. The summed E-state index contributed by atoms with van der Waals surface area (Å²) in [4.78, 5) is 15.8. The Kier molecular flexibility index (Phi) is 4.28. The molecular formula is C18H20N2O2. The topological polar surface area (TPSA) is 32.8 Å². The van der Waals surface area contributed by atoms with Crippen molar-refractivity contribution in [2.75, 3.05) is 43.1 Å². The predicted molar refractivity (Wildman–Crippen MR) is 89.2 cm³/mol. The van der Waals surface area contributed by atoms with Gasteiger partial charge in [-0.2, -0.15) is 0 Å². The summed E-state index contributed by atoms with van der Waals surface area (Å²) < 4.78 is 5.44. The number of rotatable bonds is 4. The van der Waals surface area contributed by atoms with Crippen LogP contribution in [0.3, 0.4) is 0 Å². The van der Waals surface area contributed by atoms with Crippen molar-refractivity contribution in [3.05, 3.63) is 54.1 Å². The number of hydrogen-bond donors (Lipinski definition) is 0. The number of methoxy groups -OCH3 is 1. The molecule has 4 heteroatoms. The molecule has 0 N–H and O–H groups in total. The van der Waals surface area contributed by atoms with Crippen molar-refractivity contribution in [3.63, 3.8) is 0 Å². The molecule has 1 fully saturated rings. The summed E-state index contributed by atoms with van der Waals surface area (Å²) in [6.07, 6.45) is 0.932. The van der Waals surface area contributed by atoms with Crippen LogP contribution in [-0.4, -0.2) is 39.6 Å². The molecule has 0 bridgehead atoms. The second kappa shape index (κ2) is 6.52. The van der Waals surface area contributed by atoms with Gasteiger partial charge in [-0.05, 0) is 24.3 Å². The molecule has 0 aliphatic carbocycles. The fourth-order valence-corrected chi connectivity index (χ4v) is 2.95. The zero-order valence-corrected chi connectivity index (χ0v) is 12.7. The molecule has 1 aliphatic heterocycles. The lowest BCUT2D eigenvalue weighted by atomic mass is 10.1. The van der Waals surface area contributed by atoms with Crippen LogP contribution in [0.1, 0.15) is 10.4 Å². The SMILES string of the molecule is COc1ccccc1N1CCN(c2ccccc2C=O)CC1. The van der Waals surface area contributed by atoms with E-state index < -0.39 is 0 Å². The van der Waals surface area contributed by atoms with Crippen molar-refractivity contribution in [1.82, 2.24) is 0 Å². The number of piperazine rings is 1. The highest BCUT2D eigenvalue weighted by Gasteiger charge is 2.20. The fraction of sp³-hybridized carbons (Fsp3) is 0.278. The number of aldehydes is 1. The van der Waals surface area contributed by atoms with Gasteiger partial charge in [0.1, 0.15) is 5.75 Å². The molecule has 2 aromatic carbocycles. The quantitative estimate of drug-likeness (QED) is 0.812. The monoisotopic (exact) mass is 296 g/mol. The van der Waals surface area contributed by atoms with E-state index in [2.05, 4.69) is 15.9 Å². The van der Waals surface area contributed by atoms with E-state index in [1.807, 2.05) is 42.5 Å². The van der Waals surface area contributed by atoms with Crippen LogP contribution in [-0.2, 0) is 0 Å². The second-order valence-electron chi connectivity index (χ2n) is 5.32. The summed E-state index contributed by atoms with van der Waals surface area (Å²) in [7, 11) is 1.70. The molecule has 0 atom stereocenters. The van der Waals surface area contributed by atoms with Crippen LogP contribution >= 0.6 is 0 Å². The van der Waals surface area contributed by atoms with Gasteiger partial charge in [-0.3, -0.25) is 4.79 Å². The molecule has 1 saturated heterocycles. The van der Waals surface area contributed by atoms with E-state index in [-0.39, 0.29) is 0 Å². The Morgan fingerprint density at radius 3 is 2.05 bits per heavy atom. The smallest absolute Gasteiger partial charge is 0.152 e. The van der Waals surface area contributed by atoms with Gasteiger partial charge < -0.3 is 14.5 Å². The Hall–Kier alpha value is -2.49. The van der Waals surface area contributed by atoms with E-state index in [9.17, 15) is 4.79 Å². The lowest BCUT2D eigenvalue weighted by Gasteiger charge is -2.38. The van der Waals surface area contributed by atoms with Crippen LogP contribution in [0.15, 0.2) is 48.5 Å². The fourth-order valence-electron chi connectivity index (χ4n) is 2.95. The first kappa shape index (κ1) is 14.4. The van der Waals surface area contributed by atoms with Crippen LogP contribution in [0, 0.1) is 0 Å². The number of benzene rings is 2. The number of anilines is 2. The zero-order chi connectivity index (χ0) is 15.4.